The van der Waals surface area contributed by atoms with E-state index in [9.17, 15) is 4.79 Å². The van der Waals surface area contributed by atoms with Crippen molar-refractivity contribution < 1.29 is 9.53 Å². The molecule has 1 aromatic carbocycles. The molecule has 1 fully saturated rings. The highest BCUT2D eigenvalue weighted by atomic mass is 32.2. The Bertz CT molecular complexity index is 791. The topological polar surface area (TPSA) is 41.9 Å². The predicted molar refractivity (Wildman–Crippen MR) is 97.5 cm³/mol. The maximum Gasteiger partial charge on any atom is 0.266 e. The number of carbonyl (C=O) groups is 1. The van der Waals surface area contributed by atoms with Gasteiger partial charge >= 0.3 is 0 Å². The lowest BCUT2D eigenvalue weighted by Crippen LogP contribution is -2.23. The zero-order chi connectivity index (χ0) is 16.4. The third-order valence-corrected chi connectivity index (χ3v) is 5.34. The molecule has 0 bridgehead atoms. The highest BCUT2D eigenvalue weighted by Crippen LogP contribution is 2.34. The van der Waals surface area contributed by atoms with Crippen LogP contribution >= 0.6 is 23.1 Å². The summed E-state index contributed by atoms with van der Waals surface area (Å²) in [6.45, 7) is 2.05. The first-order valence-electron chi connectivity index (χ1n) is 7.03. The van der Waals surface area contributed by atoms with E-state index >= 15 is 0 Å². The number of likely N-dealkylation sites (N-methyl/N-ethyl adjacent to an activating group) is 1. The van der Waals surface area contributed by atoms with Crippen LogP contribution in [0.2, 0.25) is 0 Å². The molecule has 1 aliphatic rings. The molecule has 0 radical (unpaired) electrons. The number of carbonyl (C=O) groups excluding carboxylic acids is 1. The van der Waals surface area contributed by atoms with E-state index in [0.717, 1.165) is 16.3 Å². The molecule has 2 aromatic rings. The molecule has 1 aromatic heterocycles. The van der Waals surface area contributed by atoms with Crippen molar-refractivity contribution in [2.45, 2.75) is 6.92 Å². The van der Waals surface area contributed by atoms with Gasteiger partial charge in [-0.05, 0) is 61.2 Å². The van der Waals surface area contributed by atoms with Crippen molar-refractivity contribution in [1.29, 1.82) is 0 Å². The van der Waals surface area contributed by atoms with Crippen LogP contribution in [0.4, 0.5) is 5.69 Å². The number of thioether (sulfide) groups is 1. The molecule has 1 saturated heterocycles. The number of thiophene rings is 1. The minimum atomic E-state index is -0.0201. The van der Waals surface area contributed by atoms with Crippen LogP contribution in [-0.2, 0) is 4.79 Å². The average molecular weight is 344 g/mol. The number of nitrogens with zero attached hydrogens (tertiary/aromatic N) is 2. The lowest BCUT2D eigenvalue weighted by Gasteiger charge is -2.07. The van der Waals surface area contributed by atoms with Crippen molar-refractivity contribution in [3.05, 3.63) is 51.1 Å². The molecule has 0 spiro atoms. The first kappa shape index (κ1) is 15.8. The second-order valence-electron chi connectivity index (χ2n) is 5.02. The number of benzene rings is 1. The quantitative estimate of drug-likeness (QED) is 0.780. The summed E-state index contributed by atoms with van der Waals surface area (Å²) in [5.41, 5.74) is 0.793. The van der Waals surface area contributed by atoms with Gasteiger partial charge in [-0.2, -0.15) is 0 Å². The van der Waals surface area contributed by atoms with E-state index in [1.165, 1.54) is 16.6 Å². The van der Waals surface area contributed by atoms with Crippen LogP contribution in [0.1, 0.15) is 9.75 Å². The normalized spacial score (nSPS) is 18.2. The van der Waals surface area contributed by atoms with Gasteiger partial charge in [-0.1, -0.05) is 0 Å². The van der Waals surface area contributed by atoms with E-state index in [2.05, 4.69) is 18.0 Å². The first-order valence-corrected chi connectivity index (χ1v) is 8.67. The Morgan fingerprint density at radius 2 is 1.91 bits per heavy atom. The van der Waals surface area contributed by atoms with E-state index in [1.54, 1.807) is 30.4 Å². The van der Waals surface area contributed by atoms with Crippen LogP contribution in [0.25, 0.3) is 6.08 Å². The van der Waals surface area contributed by atoms with Crippen LogP contribution < -0.4 is 4.74 Å². The third-order valence-electron chi connectivity index (χ3n) is 3.34. The molecule has 0 saturated carbocycles. The number of hydrogen-bond donors (Lipinski definition) is 0. The fraction of sp³-hybridized carbons (Fsp3) is 0.176. The monoisotopic (exact) mass is 344 g/mol. The number of methoxy groups -OCH3 is 1. The molecular weight excluding hydrogens is 328 g/mol. The molecule has 0 atom stereocenters. The molecule has 2 heterocycles. The molecule has 3 rings (SSSR count). The van der Waals surface area contributed by atoms with Crippen molar-refractivity contribution in [2.24, 2.45) is 4.99 Å². The molecule has 1 aliphatic heterocycles. The summed E-state index contributed by atoms with van der Waals surface area (Å²) in [7, 11) is 3.38. The minimum Gasteiger partial charge on any atom is -0.497 e. The number of amidine groups is 1. The second kappa shape index (κ2) is 6.60. The number of hydrogen-bond acceptors (Lipinski definition) is 5. The summed E-state index contributed by atoms with van der Waals surface area (Å²) >= 11 is 3.07. The van der Waals surface area contributed by atoms with Gasteiger partial charge in [0.05, 0.1) is 17.7 Å². The van der Waals surface area contributed by atoms with Gasteiger partial charge in [0.2, 0.25) is 0 Å². The van der Waals surface area contributed by atoms with E-state index in [0.29, 0.717) is 10.1 Å². The molecule has 23 heavy (non-hydrogen) atoms. The van der Waals surface area contributed by atoms with Gasteiger partial charge in [-0.25, -0.2) is 4.99 Å². The Morgan fingerprint density at radius 3 is 2.52 bits per heavy atom. The zero-order valence-electron chi connectivity index (χ0n) is 13.1. The van der Waals surface area contributed by atoms with Crippen molar-refractivity contribution in [1.82, 2.24) is 4.90 Å². The van der Waals surface area contributed by atoms with Crippen LogP contribution in [0.15, 0.2) is 46.3 Å². The highest BCUT2D eigenvalue weighted by molar-refractivity contribution is 8.18. The predicted octanol–water partition coefficient (Wildman–Crippen LogP) is 4.30. The van der Waals surface area contributed by atoms with Crippen molar-refractivity contribution in [2.75, 3.05) is 14.2 Å². The number of ether oxygens (including phenoxy) is 1. The first-order chi connectivity index (χ1) is 11.1. The van der Waals surface area contributed by atoms with Gasteiger partial charge in [0.1, 0.15) is 5.75 Å². The molecule has 0 unspecified atom stereocenters. The summed E-state index contributed by atoms with van der Waals surface area (Å²) in [6.07, 6.45) is 1.93. The standard InChI is InChI=1S/C17H16N2O2S2/c1-11-4-9-14(22-11)10-15-16(20)19(2)17(23-15)18-12-5-7-13(21-3)8-6-12/h4-10H,1-3H3/b15-10+,18-17?. The number of aliphatic imine (C=N–C) groups is 1. The highest BCUT2D eigenvalue weighted by Gasteiger charge is 2.30. The van der Waals surface area contributed by atoms with Gasteiger partial charge in [0, 0.05) is 16.8 Å². The number of amides is 1. The molecule has 0 N–H and O–H groups in total. The zero-order valence-corrected chi connectivity index (χ0v) is 14.7. The fourth-order valence-electron chi connectivity index (χ4n) is 2.08. The lowest BCUT2D eigenvalue weighted by molar-refractivity contribution is -0.121. The number of rotatable bonds is 3. The SMILES string of the molecule is COc1ccc(N=C2S/C(=C/c3ccc(C)s3)C(=O)N2C)cc1. The van der Waals surface area contributed by atoms with Crippen LogP contribution in [0.3, 0.4) is 0 Å². The van der Waals surface area contributed by atoms with Gasteiger partial charge in [0.25, 0.3) is 5.91 Å². The molecular formula is C17H16N2O2S2. The smallest absolute Gasteiger partial charge is 0.266 e. The fourth-order valence-corrected chi connectivity index (χ4v) is 3.95. The molecule has 6 heteroatoms. The van der Waals surface area contributed by atoms with E-state index in [4.69, 9.17) is 4.74 Å². The Hall–Kier alpha value is -2.05. The van der Waals surface area contributed by atoms with Crippen molar-refractivity contribution in [3.8, 4) is 5.75 Å². The summed E-state index contributed by atoms with van der Waals surface area (Å²) in [5, 5.41) is 0.680. The van der Waals surface area contributed by atoms with E-state index in [-0.39, 0.29) is 5.91 Å². The Morgan fingerprint density at radius 1 is 1.17 bits per heavy atom. The minimum absolute atomic E-state index is 0.0201. The largest absolute Gasteiger partial charge is 0.497 e. The second-order valence-corrected chi connectivity index (χ2v) is 7.34. The van der Waals surface area contributed by atoms with Crippen molar-refractivity contribution >= 4 is 45.9 Å². The van der Waals surface area contributed by atoms with E-state index < -0.39 is 0 Å². The molecule has 118 valence electrons. The van der Waals surface area contributed by atoms with Gasteiger partial charge in [-0.15, -0.1) is 11.3 Å². The summed E-state index contributed by atoms with van der Waals surface area (Å²) in [6, 6.07) is 11.5. The van der Waals surface area contributed by atoms with Crippen LogP contribution in [0.5, 0.6) is 5.75 Å². The van der Waals surface area contributed by atoms with Gasteiger partial charge in [-0.3, -0.25) is 9.69 Å². The maximum absolute atomic E-state index is 12.4. The molecule has 1 amide bonds. The Labute approximate surface area is 143 Å². The van der Waals surface area contributed by atoms with Gasteiger partial charge < -0.3 is 4.74 Å². The molecule has 0 aliphatic carbocycles. The average Bonchev–Trinajstić information content (AvgIpc) is 3.07. The Kier molecular flexibility index (Phi) is 4.54. The number of aryl methyl sites for hydroxylation is 1. The lowest BCUT2D eigenvalue weighted by atomic mass is 10.3. The summed E-state index contributed by atoms with van der Waals surface area (Å²) < 4.78 is 5.14. The van der Waals surface area contributed by atoms with E-state index in [1.807, 2.05) is 36.4 Å². The van der Waals surface area contributed by atoms with Crippen LogP contribution in [0, 0.1) is 6.92 Å². The Balaban J connectivity index is 1.85. The maximum atomic E-state index is 12.4. The summed E-state index contributed by atoms with van der Waals surface area (Å²) in [5.74, 6) is 0.763. The molecule has 4 nitrogen and oxygen atoms in total. The summed E-state index contributed by atoms with van der Waals surface area (Å²) in [4.78, 5) is 21.5. The van der Waals surface area contributed by atoms with Crippen LogP contribution in [-0.4, -0.2) is 30.1 Å². The van der Waals surface area contributed by atoms with Crippen molar-refractivity contribution in [3.63, 3.8) is 0 Å². The third kappa shape index (κ3) is 3.48. The van der Waals surface area contributed by atoms with Gasteiger partial charge in [0.15, 0.2) is 5.17 Å².